The molecule has 0 fully saturated rings. The van der Waals surface area contributed by atoms with Crippen LogP contribution in [0.15, 0.2) is 42.5 Å². The summed E-state index contributed by atoms with van der Waals surface area (Å²) in [5.74, 6) is -0.486. The zero-order valence-electron chi connectivity index (χ0n) is 14.7. The molecule has 5 nitrogen and oxygen atoms in total. The van der Waals surface area contributed by atoms with Crippen molar-refractivity contribution >= 4 is 17.3 Å². The molecule has 0 spiro atoms. The first-order valence-corrected chi connectivity index (χ1v) is 7.89. The van der Waals surface area contributed by atoms with Gasteiger partial charge in [-0.25, -0.2) is 5.43 Å². The van der Waals surface area contributed by atoms with Crippen molar-refractivity contribution in [2.75, 3.05) is 31.9 Å². The highest BCUT2D eigenvalue weighted by Gasteiger charge is 2.30. The van der Waals surface area contributed by atoms with Gasteiger partial charge in [-0.3, -0.25) is 4.79 Å². The molecule has 0 saturated carbocycles. The van der Waals surface area contributed by atoms with Crippen molar-refractivity contribution in [3.05, 3.63) is 59.2 Å². The van der Waals surface area contributed by atoms with E-state index in [1.165, 1.54) is 12.1 Å². The second-order valence-electron chi connectivity index (χ2n) is 6.02. The second kappa shape index (κ2) is 8.20. The highest BCUT2D eigenvalue weighted by molar-refractivity contribution is 6.05. The number of halogens is 3. The van der Waals surface area contributed by atoms with Crippen LogP contribution in [0.1, 0.15) is 21.5 Å². The maximum atomic E-state index is 12.8. The quantitative estimate of drug-likeness (QED) is 0.684. The summed E-state index contributed by atoms with van der Waals surface area (Å²) in [6.07, 6.45) is -4.46. The monoisotopic (exact) mass is 366 g/mol. The van der Waals surface area contributed by atoms with Gasteiger partial charge < -0.3 is 15.6 Å². The van der Waals surface area contributed by atoms with E-state index in [4.69, 9.17) is 0 Å². The van der Waals surface area contributed by atoms with Gasteiger partial charge in [-0.2, -0.15) is 13.2 Å². The number of anilines is 2. The zero-order chi connectivity index (χ0) is 19.3. The first kappa shape index (κ1) is 19.7. The van der Waals surface area contributed by atoms with Gasteiger partial charge in [-0.05, 0) is 50.0 Å². The maximum absolute atomic E-state index is 12.8. The summed E-state index contributed by atoms with van der Waals surface area (Å²) < 4.78 is 38.3. The maximum Gasteiger partial charge on any atom is 0.416 e. The molecule has 1 amide bonds. The normalized spacial score (nSPS) is 11.5. The zero-order valence-corrected chi connectivity index (χ0v) is 14.7. The minimum absolute atomic E-state index is 0.0883. The van der Waals surface area contributed by atoms with E-state index in [0.29, 0.717) is 12.1 Å². The lowest BCUT2D eigenvalue weighted by Gasteiger charge is -2.16. The number of alkyl halides is 3. The Balaban J connectivity index is 2.23. The Labute approximate surface area is 150 Å². The number of carbonyl (C=O) groups is 1. The average molecular weight is 366 g/mol. The van der Waals surface area contributed by atoms with E-state index < -0.39 is 17.6 Å². The van der Waals surface area contributed by atoms with E-state index in [-0.39, 0.29) is 5.69 Å². The summed E-state index contributed by atoms with van der Waals surface area (Å²) in [6, 6.07) is 9.64. The molecule has 0 atom stereocenters. The predicted octanol–water partition coefficient (Wildman–Crippen LogP) is 3.57. The first-order valence-electron chi connectivity index (χ1n) is 7.89. The van der Waals surface area contributed by atoms with Crippen LogP contribution in [0.2, 0.25) is 0 Å². The molecule has 2 aromatic carbocycles. The molecule has 0 heterocycles. The predicted molar refractivity (Wildman–Crippen MR) is 95.9 cm³/mol. The fourth-order valence-corrected chi connectivity index (χ4v) is 2.42. The largest absolute Gasteiger partial charge is 0.416 e. The van der Waals surface area contributed by atoms with Crippen molar-refractivity contribution in [3.8, 4) is 0 Å². The van der Waals surface area contributed by atoms with Crippen molar-refractivity contribution in [2.24, 2.45) is 0 Å². The number of nitrogens with one attached hydrogen (secondary N) is 3. The van der Waals surface area contributed by atoms with Crippen LogP contribution in [-0.4, -0.2) is 32.0 Å². The van der Waals surface area contributed by atoms with Crippen LogP contribution in [0.5, 0.6) is 0 Å². The summed E-state index contributed by atoms with van der Waals surface area (Å²) in [5, 5.41) is 2.50. The topological polar surface area (TPSA) is 56.4 Å². The van der Waals surface area contributed by atoms with Crippen LogP contribution in [0.3, 0.4) is 0 Å². The number of hydrazine groups is 1. The molecule has 3 N–H and O–H groups in total. The van der Waals surface area contributed by atoms with Gasteiger partial charge in [0.25, 0.3) is 5.91 Å². The van der Waals surface area contributed by atoms with Gasteiger partial charge in [0, 0.05) is 24.8 Å². The highest BCUT2D eigenvalue weighted by atomic mass is 19.4. The van der Waals surface area contributed by atoms with Gasteiger partial charge >= 0.3 is 6.18 Å². The lowest BCUT2D eigenvalue weighted by Crippen LogP contribution is -2.20. The minimum atomic E-state index is -4.46. The van der Waals surface area contributed by atoms with E-state index >= 15 is 0 Å². The first-order chi connectivity index (χ1) is 12.2. The van der Waals surface area contributed by atoms with E-state index in [2.05, 4.69) is 16.2 Å². The van der Waals surface area contributed by atoms with Gasteiger partial charge in [0.2, 0.25) is 0 Å². The summed E-state index contributed by atoms with van der Waals surface area (Å²) in [7, 11) is 5.56. The SMILES string of the molecule is CNNc1cc(C(=O)Nc2cccc(C(F)(F)F)c2)ccc1CN(C)C. The van der Waals surface area contributed by atoms with Crippen molar-refractivity contribution in [3.63, 3.8) is 0 Å². The number of carbonyl (C=O) groups excluding carboxylic acids is 1. The standard InChI is InChI=1S/C18H21F3N4O/c1-22-24-16-9-12(7-8-13(16)11-25(2)3)17(26)23-15-6-4-5-14(10-15)18(19,20)21/h4-10,22,24H,11H2,1-3H3,(H,23,26). The van der Waals surface area contributed by atoms with Crippen molar-refractivity contribution in [1.29, 1.82) is 0 Å². The van der Waals surface area contributed by atoms with Gasteiger partial charge in [-0.1, -0.05) is 12.1 Å². The number of benzene rings is 2. The molecular weight excluding hydrogens is 345 g/mol. The van der Waals surface area contributed by atoms with Gasteiger partial charge in [0.15, 0.2) is 0 Å². The molecule has 0 aromatic heterocycles. The highest BCUT2D eigenvalue weighted by Crippen LogP contribution is 2.30. The third-order valence-corrected chi connectivity index (χ3v) is 3.57. The number of hydrogen-bond donors (Lipinski definition) is 3. The Hall–Kier alpha value is -2.58. The molecule has 2 rings (SSSR count). The molecule has 0 unspecified atom stereocenters. The molecule has 0 bridgehead atoms. The molecule has 0 radical (unpaired) electrons. The molecule has 140 valence electrons. The number of nitrogens with zero attached hydrogens (tertiary/aromatic N) is 1. The molecular formula is C18H21F3N4O. The van der Waals surface area contributed by atoms with Crippen LogP contribution in [0.4, 0.5) is 24.5 Å². The van der Waals surface area contributed by atoms with Crippen LogP contribution in [0, 0.1) is 0 Å². The van der Waals surface area contributed by atoms with Gasteiger partial charge in [0.1, 0.15) is 0 Å². The minimum Gasteiger partial charge on any atom is -0.322 e. The lowest BCUT2D eigenvalue weighted by atomic mass is 10.1. The second-order valence-corrected chi connectivity index (χ2v) is 6.02. The molecule has 0 aliphatic carbocycles. The van der Waals surface area contributed by atoms with E-state index in [1.54, 1.807) is 25.2 Å². The van der Waals surface area contributed by atoms with Crippen LogP contribution < -0.4 is 16.2 Å². The number of rotatable bonds is 6. The molecule has 8 heteroatoms. The molecule has 0 saturated heterocycles. The van der Waals surface area contributed by atoms with Crippen LogP contribution in [-0.2, 0) is 12.7 Å². The Kier molecular flexibility index (Phi) is 6.23. The molecule has 26 heavy (non-hydrogen) atoms. The fourth-order valence-electron chi connectivity index (χ4n) is 2.42. The summed E-state index contributed by atoms with van der Waals surface area (Å²) in [6.45, 7) is 0.666. The number of hydrogen-bond acceptors (Lipinski definition) is 4. The smallest absolute Gasteiger partial charge is 0.322 e. The van der Waals surface area contributed by atoms with Crippen molar-refractivity contribution in [2.45, 2.75) is 12.7 Å². The van der Waals surface area contributed by atoms with Crippen molar-refractivity contribution < 1.29 is 18.0 Å². The molecule has 0 aliphatic rings. The number of amides is 1. The summed E-state index contributed by atoms with van der Waals surface area (Å²) in [4.78, 5) is 14.4. The third-order valence-electron chi connectivity index (χ3n) is 3.57. The Morgan fingerprint density at radius 1 is 1.12 bits per heavy atom. The Morgan fingerprint density at radius 3 is 2.46 bits per heavy atom. The average Bonchev–Trinajstić information content (AvgIpc) is 2.55. The molecule has 2 aromatic rings. The fraction of sp³-hybridized carbons (Fsp3) is 0.278. The van der Waals surface area contributed by atoms with Gasteiger partial charge in [0.05, 0.1) is 11.3 Å². The Bertz CT molecular complexity index is 775. The lowest BCUT2D eigenvalue weighted by molar-refractivity contribution is -0.137. The van der Waals surface area contributed by atoms with E-state index in [0.717, 1.165) is 23.4 Å². The molecule has 0 aliphatic heterocycles. The summed E-state index contributed by atoms with van der Waals surface area (Å²) in [5.41, 5.74) is 7.08. The van der Waals surface area contributed by atoms with Crippen LogP contribution >= 0.6 is 0 Å². The van der Waals surface area contributed by atoms with E-state index in [9.17, 15) is 18.0 Å². The Morgan fingerprint density at radius 2 is 1.85 bits per heavy atom. The van der Waals surface area contributed by atoms with Crippen LogP contribution in [0.25, 0.3) is 0 Å². The van der Waals surface area contributed by atoms with Crippen molar-refractivity contribution in [1.82, 2.24) is 10.3 Å². The van der Waals surface area contributed by atoms with E-state index in [1.807, 2.05) is 19.0 Å². The van der Waals surface area contributed by atoms with Gasteiger partial charge in [-0.15, -0.1) is 0 Å². The third kappa shape index (κ3) is 5.21. The summed E-state index contributed by atoms with van der Waals surface area (Å²) >= 11 is 0.